The molecule has 4 heteroatoms. The van der Waals surface area contributed by atoms with Crippen molar-refractivity contribution in [3.8, 4) is 0 Å². The van der Waals surface area contributed by atoms with E-state index >= 15 is 0 Å². The monoisotopic (exact) mass is 427 g/mol. The van der Waals surface area contributed by atoms with Crippen LogP contribution in [0.4, 0.5) is 0 Å². The summed E-state index contributed by atoms with van der Waals surface area (Å²) in [6.07, 6.45) is 15.2. The molecule has 0 spiro atoms. The summed E-state index contributed by atoms with van der Waals surface area (Å²) in [6, 6.07) is 0. The van der Waals surface area contributed by atoms with Crippen LogP contribution in [0.25, 0.3) is 0 Å². The van der Waals surface area contributed by atoms with Gasteiger partial charge >= 0.3 is 5.97 Å². The highest BCUT2D eigenvalue weighted by molar-refractivity contribution is 5.91. The molecule has 1 aliphatic heterocycles. The van der Waals surface area contributed by atoms with Gasteiger partial charge in [0, 0.05) is 18.4 Å². The number of fused-ring (bicyclic) bond motifs is 5. The quantitative estimate of drug-likeness (QED) is 0.571. The van der Waals surface area contributed by atoms with Gasteiger partial charge in [0.2, 0.25) is 0 Å². The van der Waals surface area contributed by atoms with Crippen LogP contribution < -0.4 is 0 Å². The lowest BCUT2D eigenvalue weighted by molar-refractivity contribution is -0.160. The molecule has 0 bridgehead atoms. The molecule has 4 aliphatic carbocycles. The largest absolute Gasteiger partial charge is 0.462 e. The molecule has 6 atom stereocenters. The maximum Gasteiger partial charge on any atom is 0.307 e. The van der Waals surface area contributed by atoms with Gasteiger partial charge in [0.15, 0.2) is 5.78 Å². The van der Waals surface area contributed by atoms with Crippen molar-refractivity contribution < 1.29 is 14.3 Å². The zero-order chi connectivity index (χ0) is 21.6. The first-order chi connectivity index (χ1) is 14.9. The Kier molecular flexibility index (Phi) is 5.82. The van der Waals surface area contributed by atoms with E-state index in [1.165, 1.54) is 50.5 Å². The van der Waals surface area contributed by atoms with Crippen LogP contribution in [0, 0.1) is 28.6 Å². The Hall–Kier alpha value is -1.16. The van der Waals surface area contributed by atoms with Crippen molar-refractivity contribution in [1.29, 1.82) is 0 Å². The molecule has 4 fully saturated rings. The number of allylic oxidation sites excluding steroid dienone is 1. The second kappa shape index (κ2) is 8.32. The summed E-state index contributed by atoms with van der Waals surface area (Å²) in [4.78, 5) is 27.2. The molecule has 4 nitrogen and oxygen atoms in total. The van der Waals surface area contributed by atoms with E-state index in [0.717, 1.165) is 51.2 Å². The van der Waals surface area contributed by atoms with Crippen molar-refractivity contribution in [2.45, 2.75) is 97.0 Å². The van der Waals surface area contributed by atoms with Crippen LogP contribution in [-0.4, -0.2) is 42.4 Å². The van der Waals surface area contributed by atoms with Crippen LogP contribution in [0.3, 0.4) is 0 Å². The number of esters is 1. The third-order valence-electron chi connectivity index (χ3n) is 10.2. The van der Waals surface area contributed by atoms with E-state index in [1.54, 1.807) is 0 Å². The molecule has 0 aromatic rings. The number of nitrogens with zero attached hydrogens (tertiary/aromatic N) is 1. The van der Waals surface area contributed by atoms with Gasteiger partial charge in [0.25, 0.3) is 0 Å². The fourth-order valence-corrected chi connectivity index (χ4v) is 8.35. The van der Waals surface area contributed by atoms with E-state index in [-0.39, 0.29) is 22.9 Å². The Morgan fingerprint density at radius 1 is 1.03 bits per heavy atom. The standard InChI is InChI=1S/C27H41NO3/c1-26-13-10-20(29)18-19(26)6-7-21-22-8-9-24(27(22,2)14-11-23(21)26)31-25(30)12-17-28-15-4-3-5-16-28/h18,21-24H,3-17H2,1-2H3/t21-,22-,23-,24-,26+,27+/m1/s1. The van der Waals surface area contributed by atoms with Crippen LogP contribution in [-0.2, 0) is 14.3 Å². The average molecular weight is 428 g/mol. The number of hydrogen-bond acceptors (Lipinski definition) is 4. The van der Waals surface area contributed by atoms with Gasteiger partial charge in [-0.25, -0.2) is 0 Å². The lowest BCUT2D eigenvalue weighted by Gasteiger charge is -2.57. The van der Waals surface area contributed by atoms with Gasteiger partial charge in [-0.3, -0.25) is 9.59 Å². The summed E-state index contributed by atoms with van der Waals surface area (Å²) in [6.45, 7) is 8.00. The van der Waals surface area contributed by atoms with Crippen LogP contribution in [0.5, 0.6) is 0 Å². The number of piperidine rings is 1. The first-order valence-electron chi connectivity index (χ1n) is 13.1. The van der Waals surface area contributed by atoms with Gasteiger partial charge in [0.05, 0.1) is 6.42 Å². The number of ether oxygens (including phenoxy) is 1. The molecule has 172 valence electrons. The van der Waals surface area contributed by atoms with Crippen molar-refractivity contribution in [1.82, 2.24) is 4.90 Å². The fraction of sp³-hybridized carbons (Fsp3) is 0.852. The third kappa shape index (κ3) is 3.81. The molecule has 1 heterocycles. The van der Waals surface area contributed by atoms with E-state index in [9.17, 15) is 9.59 Å². The van der Waals surface area contributed by atoms with E-state index in [0.29, 0.717) is 24.0 Å². The number of carbonyl (C=O) groups is 2. The molecule has 0 N–H and O–H groups in total. The first kappa shape index (κ1) is 21.7. The highest BCUT2D eigenvalue weighted by atomic mass is 16.5. The van der Waals surface area contributed by atoms with Crippen molar-refractivity contribution in [3.05, 3.63) is 11.6 Å². The Morgan fingerprint density at radius 2 is 1.84 bits per heavy atom. The average Bonchev–Trinajstić information content (AvgIpc) is 3.10. The van der Waals surface area contributed by atoms with E-state index < -0.39 is 0 Å². The lowest BCUT2D eigenvalue weighted by atomic mass is 9.47. The second-order valence-electron chi connectivity index (χ2n) is 11.7. The van der Waals surface area contributed by atoms with Crippen LogP contribution in [0.2, 0.25) is 0 Å². The maximum absolute atomic E-state index is 12.7. The molecular formula is C27H41NO3. The summed E-state index contributed by atoms with van der Waals surface area (Å²) < 4.78 is 6.18. The lowest BCUT2D eigenvalue weighted by Crippen LogP contribution is -2.51. The Labute approximate surface area is 188 Å². The molecule has 0 amide bonds. The Bertz CT molecular complexity index is 754. The van der Waals surface area contributed by atoms with Crippen molar-refractivity contribution >= 4 is 11.8 Å². The minimum atomic E-state index is 0.0196. The summed E-state index contributed by atoms with van der Waals surface area (Å²) >= 11 is 0. The summed E-state index contributed by atoms with van der Waals surface area (Å²) in [7, 11) is 0. The van der Waals surface area contributed by atoms with Gasteiger partial charge in [-0.05, 0) is 100 Å². The van der Waals surface area contributed by atoms with Crippen molar-refractivity contribution in [2.75, 3.05) is 19.6 Å². The van der Waals surface area contributed by atoms with Crippen LogP contribution in [0.1, 0.15) is 90.9 Å². The maximum atomic E-state index is 12.7. The minimum absolute atomic E-state index is 0.0196. The highest BCUT2D eigenvalue weighted by Gasteiger charge is 2.59. The molecule has 31 heavy (non-hydrogen) atoms. The number of ketones is 1. The Morgan fingerprint density at radius 3 is 2.65 bits per heavy atom. The molecule has 5 rings (SSSR count). The number of hydrogen-bond donors (Lipinski definition) is 0. The zero-order valence-corrected chi connectivity index (χ0v) is 19.7. The molecule has 3 saturated carbocycles. The molecular weight excluding hydrogens is 386 g/mol. The van der Waals surface area contributed by atoms with E-state index in [2.05, 4.69) is 18.7 Å². The molecule has 0 aromatic heterocycles. The highest BCUT2D eigenvalue weighted by Crippen LogP contribution is 2.65. The van der Waals surface area contributed by atoms with Gasteiger partial charge in [-0.1, -0.05) is 25.8 Å². The molecule has 0 aromatic carbocycles. The van der Waals surface area contributed by atoms with Crippen LogP contribution >= 0.6 is 0 Å². The van der Waals surface area contributed by atoms with Gasteiger partial charge in [-0.2, -0.15) is 0 Å². The smallest absolute Gasteiger partial charge is 0.307 e. The predicted molar refractivity (Wildman–Crippen MR) is 121 cm³/mol. The van der Waals surface area contributed by atoms with Gasteiger partial charge in [-0.15, -0.1) is 0 Å². The molecule has 0 unspecified atom stereocenters. The molecule has 0 radical (unpaired) electrons. The third-order valence-corrected chi connectivity index (χ3v) is 10.2. The summed E-state index contributed by atoms with van der Waals surface area (Å²) in [5.74, 6) is 2.45. The first-order valence-corrected chi connectivity index (χ1v) is 13.1. The minimum Gasteiger partial charge on any atom is -0.462 e. The zero-order valence-electron chi connectivity index (χ0n) is 19.7. The topological polar surface area (TPSA) is 46.6 Å². The van der Waals surface area contributed by atoms with Crippen molar-refractivity contribution in [2.24, 2.45) is 28.6 Å². The summed E-state index contributed by atoms with van der Waals surface area (Å²) in [5.41, 5.74) is 1.80. The van der Waals surface area contributed by atoms with Crippen LogP contribution in [0.15, 0.2) is 11.6 Å². The number of likely N-dealkylation sites (tertiary alicyclic amines) is 1. The van der Waals surface area contributed by atoms with E-state index in [4.69, 9.17) is 4.74 Å². The van der Waals surface area contributed by atoms with E-state index in [1.807, 2.05) is 6.08 Å². The summed E-state index contributed by atoms with van der Waals surface area (Å²) in [5, 5.41) is 0. The molecule has 5 aliphatic rings. The second-order valence-corrected chi connectivity index (χ2v) is 11.7. The van der Waals surface area contributed by atoms with Gasteiger partial charge < -0.3 is 9.64 Å². The number of rotatable bonds is 4. The Balaban J connectivity index is 1.23. The van der Waals surface area contributed by atoms with Gasteiger partial charge in [0.1, 0.15) is 6.10 Å². The normalized spacial score (nSPS) is 42.9. The van der Waals surface area contributed by atoms with Crippen molar-refractivity contribution in [3.63, 3.8) is 0 Å². The SMILES string of the molecule is C[C@]12CC[C@@H]3[C@H](CCC4=CC(=O)CC[C@@]43C)[C@H]1CC[C@H]2OC(=O)CCN1CCCCC1. The number of carbonyl (C=O) groups excluding carboxylic acids is 2. The molecule has 1 saturated heterocycles. The predicted octanol–water partition coefficient (Wildman–Crippen LogP) is 5.31. The fourth-order valence-electron chi connectivity index (χ4n) is 8.35.